The number of aromatic carboxylic acids is 1. The standard InChI is InChI=1S/C18H18N6O3/c1-2-27-14-5-3-12(4-6-14)16-11-24(22-21-16)13-9-23(10-13)17-8-19-15(7-20-17)18(25)26/h3-8,11,13H,2,9-10H2,1H3,(H,25,26). The topological polar surface area (TPSA) is 106 Å². The Kier molecular flexibility index (Phi) is 4.41. The van der Waals surface area contributed by atoms with Gasteiger partial charge in [0.1, 0.15) is 17.3 Å². The third-order valence-corrected chi connectivity index (χ3v) is 4.39. The summed E-state index contributed by atoms with van der Waals surface area (Å²) in [6, 6.07) is 7.96. The number of ether oxygens (including phenoxy) is 1. The molecular weight excluding hydrogens is 348 g/mol. The van der Waals surface area contributed by atoms with Gasteiger partial charge in [-0.3, -0.25) is 0 Å². The van der Waals surface area contributed by atoms with Gasteiger partial charge in [-0.2, -0.15) is 0 Å². The second kappa shape index (κ2) is 7.02. The molecule has 138 valence electrons. The number of hydrogen-bond acceptors (Lipinski definition) is 7. The van der Waals surface area contributed by atoms with Gasteiger partial charge in [-0.05, 0) is 31.2 Å². The average molecular weight is 366 g/mol. The van der Waals surface area contributed by atoms with Gasteiger partial charge >= 0.3 is 5.97 Å². The minimum Gasteiger partial charge on any atom is -0.494 e. The Morgan fingerprint density at radius 1 is 1.22 bits per heavy atom. The van der Waals surface area contributed by atoms with Gasteiger partial charge in [0.05, 0.1) is 31.2 Å². The Morgan fingerprint density at radius 2 is 2.00 bits per heavy atom. The molecule has 0 saturated carbocycles. The predicted molar refractivity (Wildman–Crippen MR) is 96.9 cm³/mol. The summed E-state index contributed by atoms with van der Waals surface area (Å²) >= 11 is 0. The molecule has 4 rings (SSSR count). The van der Waals surface area contributed by atoms with E-state index < -0.39 is 5.97 Å². The summed E-state index contributed by atoms with van der Waals surface area (Å²) in [6.45, 7) is 4.02. The van der Waals surface area contributed by atoms with Crippen molar-refractivity contribution in [3.8, 4) is 17.0 Å². The number of nitrogens with zero attached hydrogens (tertiary/aromatic N) is 6. The van der Waals surface area contributed by atoms with Crippen molar-refractivity contribution in [2.75, 3.05) is 24.6 Å². The van der Waals surface area contributed by atoms with E-state index in [4.69, 9.17) is 9.84 Å². The van der Waals surface area contributed by atoms with Crippen molar-refractivity contribution in [1.82, 2.24) is 25.0 Å². The molecule has 0 radical (unpaired) electrons. The summed E-state index contributed by atoms with van der Waals surface area (Å²) in [6.07, 6.45) is 4.67. The molecule has 0 atom stereocenters. The van der Waals surface area contributed by atoms with E-state index in [9.17, 15) is 4.79 Å². The summed E-state index contributed by atoms with van der Waals surface area (Å²) in [5.74, 6) is 0.404. The van der Waals surface area contributed by atoms with Crippen LogP contribution in [0.3, 0.4) is 0 Å². The Morgan fingerprint density at radius 3 is 2.63 bits per heavy atom. The molecule has 1 aliphatic rings. The van der Waals surface area contributed by atoms with E-state index in [2.05, 4.69) is 20.3 Å². The van der Waals surface area contributed by atoms with E-state index >= 15 is 0 Å². The summed E-state index contributed by atoms with van der Waals surface area (Å²) < 4.78 is 7.30. The molecule has 3 heterocycles. The Labute approximate surface area is 155 Å². The van der Waals surface area contributed by atoms with Crippen molar-refractivity contribution in [3.05, 3.63) is 48.5 Å². The van der Waals surface area contributed by atoms with Crippen LogP contribution in [0.4, 0.5) is 5.82 Å². The lowest BCUT2D eigenvalue weighted by atomic mass is 10.1. The smallest absolute Gasteiger partial charge is 0.356 e. The molecule has 3 aromatic rings. The molecule has 1 N–H and O–H groups in total. The summed E-state index contributed by atoms with van der Waals surface area (Å²) in [5, 5.41) is 17.4. The minimum atomic E-state index is -1.08. The fourth-order valence-corrected chi connectivity index (χ4v) is 2.88. The first-order valence-corrected chi connectivity index (χ1v) is 8.59. The summed E-state index contributed by atoms with van der Waals surface area (Å²) in [7, 11) is 0. The second-order valence-corrected chi connectivity index (χ2v) is 6.16. The normalized spacial score (nSPS) is 14.0. The van der Waals surface area contributed by atoms with Crippen LogP contribution >= 0.6 is 0 Å². The van der Waals surface area contributed by atoms with Crippen LogP contribution in [-0.4, -0.2) is 55.7 Å². The number of anilines is 1. The lowest BCUT2D eigenvalue weighted by Crippen LogP contribution is -2.48. The van der Waals surface area contributed by atoms with Gasteiger partial charge in [0, 0.05) is 18.7 Å². The molecule has 9 heteroatoms. The van der Waals surface area contributed by atoms with Gasteiger partial charge in [-0.25, -0.2) is 19.4 Å². The van der Waals surface area contributed by atoms with Crippen molar-refractivity contribution in [2.24, 2.45) is 0 Å². The van der Waals surface area contributed by atoms with E-state index in [0.717, 1.165) is 17.0 Å². The Hall–Kier alpha value is -3.49. The summed E-state index contributed by atoms with van der Waals surface area (Å²) in [5.41, 5.74) is 1.73. The highest BCUT2D eigenvalue weighted by Gasteiger charge is 2.30. The van der Waals surface area contributed by atoms with E-state index in [-0.39, 0.29) is 11.7 Å². The van der Waals surface area contributed by atoms with Gasteiger partial charge in [0.15, 0.2) is 5.69 Å². The second-order valence-electron chi connectivity index (χ2n) is 6.16. The van der Waals surface area contributed by atoms with Gasteiger partial charge in [0.25, 0.3) is 0 Å². The molecule has 0 aliphatic carbocycles. The zero-order valence-electron chi connectivity index (χ0n) is 14.7. The summed E-state index contributed by atoms with van der Waals surface area (Å²) in [4.78, 5) is 20.9. The van der Waals surface area contributed by atoms with E-state index in [1.807, 2.05) is 47.0 Å². The highest BCUT2D eigenvalue weighted by Crippen LogP contribution is 2.27. The fraction of sp³-hybridized carbons (Fsp3) is 0.278. The number of rotatable bonds is 6. The van der Waals surface area contributed by atoms with Crippen LogP contribution in [-0.2, 0) is 0 Å². The number of carbonyl (C=O) groups is 1. The van der Waals surface area contributed by atoms with E-state index in [0.29, 0.717) is 25.5 Å². The van der Waals surface area contributed by atoms with E-state index in [1.54, 1.807) is 0 Å². The molecule has 9 nitrogen and oxygen atoms in total. The number of carboxylic acid groups (broad SMARTS) is 1. The SMILES string of the molecule is CCOc1ccc(-c2cn(C3CN(c4cnc(C(=O)O)cn4)C3)nn2)cc1. The molecular formula is C18H18N6O3. The molecule has 27 heavy (non-hydrogen) atoms. The monoisotopic (exact) mass is 366 g/mol. The van der Waals surface area contributed by atoms with Crippen LogP contribution < -0.4 is 9.64 Å². The van der Waals surface area contributed by atoms with Gasteiger partial charge in [-0.15, -0.1) is 5.10 Å². The fourth-order valence-electron chi connectivity index (χ4n) is 2.88. The van der Waals surface area contributed by atoms with E-state index in [1.165, 1.54) is 12.4 Å². The minimum absolute atomic E-state index is 0.0629. The van der Waals surface area contributed by atoms with Crippen LogP contribution in [0.15, 0.2) is 42.9 Å². The number of aromatic nitrogens is 5. The maximum Gasteiger partial charge on any atom is 0.356 e. The lowest BCUT2D eigenvalue weighted by Gasteiger charge is -2.39. The molecule has 1 aliphatic heterocycles. The zero-order chi connectivity index (χ0) is 18.8. The van der Waals surface area contributed by atoms with Crippen molar-refractivity contribution < 1.29 is 14.6 Å². The molecule has 1 fully saturated rings. The predicted octanol–water partition coefficient (Wildman–Crippen LogP) is 1.89. The Balaban J connectivity index is 1.39. The highest BCUT2D eigenvalue weighted by molar-refractivity contribution is 5.84. The molecule has 1 aromatic carbocycles. The van der Waals surface area contributed by atoms with Crippen LogP contribution in [0, 0.1) is 0 Å². The van der Waals surface area contributed by atoms with Gasteiger partial charge in [-0.1, -0.05) is 5.21 Å². The maximum atomic E-state index is 10.8. The number of hydrogen-bond donors (Lipinski definition) is 1. The first-order chi connectivity index (χ1) is 13.1. The third-order valence-electron chi connectivity index (χ3n) is 4.39. The van der Waals surface area contributed by atoms with Gasteiger partial charge < -0.3 is 14.7 Å². The Bertz CT molecular complexity index is 932. The van der Waals surface area contributed by atoms with Crippen molar-refractivity contribution in [2.45, 2.75) is 13.0 Å². The lowest BCUT2D eigenvalue weighted by molar-refractivity contribution is 0.0690. The van der Waals surface area contributed by atoms with Crippen molar-refractivity contribution in [3.63, 3.8) is 0 Å². The van der Waals surface area contributed by atoms with Crippen LogP contribution in [0.5, 0.6) is 5.75 Å². The molecule has 0 unspecified atom stereocenters. The number of benzene rings is 1. The zero-order valence-corrected chi connectivity index (χ0v) is 14.7. The van der Waals surface area contributed by atoms with Crippen LogP contribution in [0.2, 0.25) is 0 Å². The van der Waals surface area contributed by atoms with Crippen molar-refractivity contribution in [1.29, 1.82) is 0 Å². The largest absolute Gasteiger partial charge is 0.494 e. The van der Waals surface area contributed by atoms with Crippen molar-refractivity contribution >= 4 is 11.8 Å². The maximum absolute atomic E-state index is 10.8. The molecule has 0 amide bonds. The quantitative estimate of drug-likeness (QED) is 0.705. The van der Waals surface area contributed by atoms with Crippen LogP contribution in [0.25, 0.3) is 11.3 Å². The molecule has 0 spiro atoms. The first-order valence-electron chi connectivity index (χ1n) is 8.59. The number of carboxylic acids is 1. The molecule has 1 saturated heterocycles. The molecule has 0 bridgehead atoms. The first kappa shape index (κ1) is 17.0. The third kappa shape index (κ3) is 3.43. The average Bonchev–Trinajstić information content (AvgIpc) is 3.11. The highest BCUT2D eigenvalue weighted by atomic mass is 16.5. The molecule has 2 aromatic heterocycles. The van der Waals surface area contributed by atoms with Gasteiger partial charge in [0.2, 0.25) is 0 Å². The van der Waals surface area contributed by atoms with Crippen LogP contribution in [0.1, 0.15) is 23.5 Å².